The average Bonchev–Trinajstić information content (AvgIpc) is 2.49. The van der Waals surface area contributed by atoms with Crippen LogP contribution in [0, 0.1) is 6.92 Å². The Morgan fingerprint density at radius 3 is 2.69 bits per heavy atom. The summed E-state index contributed by atoms with van der Waals surface area (Å²) in [6.45, 7) is 3.22. The maximum Gasteiger partial charge on any atom is 0.323 e. The maximum atomic E-state index is 11.2. The molecule has 7 heteroatoms. The molecule has 0 saturated carbocycles. The number of hydrogen-bond acceptors (Lipinski definition) is 4. The molecule has 0 bridgehead atoms. The minimum absolute atomic E-state index is 0.0127. The van der Waals surface area contributed by atoms with Gasteiger partial charge in [0.2, 0.25) is 0 Å². The molecule has 0 aliphatic heterocycles. The smallest absolute Gasteiger partial charge is 0.323 e. The molecule has 7 nitrogen and oxygen atoms in total. The van der Waals surface area contributed by atoms with Crippen molar-refractivity contribution in [1.29, 1.82) is 0 Å². The summed E-state index contributed by atoms with van der Waals surface area (Å²) in [5.74, 6) is -0.509. The van der Waals surface area contributed by atoms with E-state index in [-0.39, 0.29) is 12.4 Å². The predicted octanol–water partition coefficient (Wildman–Crippen LogP) is 0.731. The number of carbonyl (C=O) groups excluding carboxylic acids is 1. The van der Waals surface area contributed by atoms with Crippen molar-refractivity contribution in [3.8, 4) is 0 Å². The Hall–Kier alpha value is -2.05. The summed E-state index contributed by atoms with van der Waals surface area (Å²) < 4.78 is 5.13. The van der Waals surface area contributed by atoms with Gasteiger partial charge in [-0.3, -0.25) is 4.79 Å². The van der Waals surface area contributed by atoms with Crippen LogP contribution in [0.2, 0.25) is 0 Å². The third-order valence-electron chi connectivity index (χ3n) is 1.96. The predicted molar refractivity (Wildman–Crippen MR) is 55.0 cm³/mol. The van der Waals surface area contributed by atoms with Gasteiger partial charge in [0.1, 0.15) is 5.76 Å². The third-order valence-corrected chi connectivity index (χ3v) is 1.96. The Morgan fingerprint density at radius 2 is 2.31 bits per heavy atom. The molecular formula is C9H13N3O4. The molecule has 2 amide bonds. The second-order valence-corrected chi connectivity index (χ2v) is 3.41. The molecule has 0 aromatic carbocycles. The van der Waals surface area contributed by atoms with Crippen molar-refractivity contribution in [3.63, 3.8) is 0 Å². The zero-order valence-electron chi connectivity index (χ0n) is 9.01. The number of urea groups is 1. The fraction of sp³-hybridized carbons (Fsp3) is 0.444. The van der Waals surface area contributed by atoms with Crippen LogP contribution in [0.5, 0.6) is 0 Å². The highest BCUT2D eigenvalue weighted by atomic mass is 16.4. The molecule has 16 heavy (non-hydrogen) atoms. The summed E-state index contributed by atoms with van der Waals surface area (Å²) in [6, 6.07) is -1.40. The van der Waals surface area contributed by atoms with Crippen LogP contribution >= 0.6 is 0 Å². The number of primary amides is 1. The Kier molecular flexibility index (Phi) is 3.49. The van der Waals surface area contributed by atoms with Crippen LogP contribution in [-0.2, 0) is 4.79 Å². The lowest BCUT2D eigenvalue weighted by atomic mass is 10.2. The lowest BCUT2D eigenvalue weighted by Crippen LogP contribution is -2.43. The monoisotopic (exact) mass is 227 g/mol. The third kappa shape index (κ3) is 2.72. The molecule has 0 aliphatic carbocycles. The minimum Gasteiger partial charge on any atom is -0.481 e. The Morgan fingerprint density at radius 1 is 1.69 bits per heavy atom. The number of carbonyl (C=O) groups is 2. The quantitative estimate of drug-likeness (QED) is 0.787. The zero-order chi connectivity index (χ0) is 12.3. The largest absolute Gasteiger partial charge is 0.481 e. The van der Waals surface area contributed by atoms with E-state index in [1.807, 2.05) is 0 Å². The topological polar surface area (TPSA) is 110 Å². The minimum atomic E-state index is -1.03. The van der Waals surface area contributed by atoms with E-state index in [1.165, 1.54) is 6.20 Å². The van der Waals surface area contributed by atoms with Gasteiger partial charge >= 0.3 is 18.0 Å². The average molecular weight is 227 g/mol. The SMILES string of the molecule is Cc1cnc(N(C(N)=O)C(C)CC(=O)O)o1. The number of aromatic nitrogens is 1. The van der Waals surface area contributed by atoms with Gasteiger partial charge in [0.15, 0.2) is 0 Å². The van der Waals surface area contributed by atoms with Crippen LogP contribution in [0.1, 0.15) is 19.1 Å². The van der Waals surface area contributed by atoms with Crippen molar-refractivity contribution in [1.82, 2.24) is 4.98 Å². The van der Waals surface area contributed by atoms with Crippen molar-refractivity contribution in [2.45, 2.75) is 26.3 Å². The van der Waals surface area contributed by atoms with Crippen molar-refractivity contribution in [2.75, 3.05) is 4.90 Å². The number of rotatable bonds is 4. The van der Waals surface area contributed by atoms with Crippen LogP contribution in [0.3, 0.4) is 0 Å². The van der Waals surface area contributed by atoms with Gasteiger partial charge in [-0.15, -0.1) is 0 Å². The maximum absolute atomic E-state index is 11.2. The van der Waals surface area contributed by atoms with E-state index in [0.717, 1.165) is 4.90 Å². The summed E-state index contributed by atoms with van der Waals surface area (Å²) in [7, 11) is 0. The number of hydrogen-bond donors (Lipinski definition) is 2. The number of carboxylic acid groups (broad SMARTS) is 1. The first kappa shape index (κ1) is 12.0. The number of aryl methyl sites for hydroxylation is 1. The van der Waals surface area contributed by atoms with Crippen LogP contribution < -0.4 is 10.6 Å². The van der Waals surface area contributed by atoms with Crippen molar-refractivity contribution in [2.24, 2.45) is 5.73 Å². The molecule has 1 unspecified atom stereocenters. The van der Waals surface area contributed by atoms with Gasteiger partial charge in [-0.05, 0) is 13.8 Å². The standard InChI is InChI=1S/C9H13N3O4/c1-5(3-7(13)14)12(8(10)15)9-11-4-6(2)16-9/h4-5H,3H2,1-2H3,(H2,10,15)(H,13,14). The summed E-state index contributed by atoms with van der Waals surface area (Å²) in [5, 5.41) is 8.64. The molecule has 0 spiro atoms. The number of aliphatic carboxylic acids is 1. The van der Waals surface area contributed by atoms with E-state index in [2.05, 4.69) is 4.98 Å². The lowest BCUT2D eigenvalue weighted by Gasteiger charge is -2.22. The molecule has 88 valence electrons. The first-order chi connectivity index (χ1) is 7.41. The summed E-state index contributed by atoms with van der Waals surface area (Å²) in [4.78, 5) is 26.6. The van der Waals surface area contributed by atoms with E-state index >= 15 is 0 Å². The highest BCUT2D eigenvalue weighted by Gasteiger charge is 2.25. The van der Waals surface area contributed by atoms with Gasteiger partial charge in [-0.25, -0.2) is 14.7 Å². The summed E-state index contributed by atoms with van der Waals surface area (Å²) in [6.07, 6.45) is 1.20. The second kappa shape index (κ2) is 4.65. The van der Waals surface area contributed by atoms with Crippen LogP contribution in [0.4, 0.5) is 10.8 Å². The molecule has 0 fully saturated rings. The van der Waals surface area contributed by atoms with E-state index < -0.39 is 18.0 Å². The van der Waals surface area contributed by atoms with Crippen molar-refractivity contribution in [3.05, 3.63) is 12.0 Å². The van der Waals surface area contributed by atoms with Crippen molar-refractivity contribution >= 4 is 18.0 Å². The van der Waals surface area contributed by atoms with Gasteiger partial charge in [0.25, 0.3) is 0 Å². The number of amides is 2. The Bertz CT molecular complexity index is 401. The Labute approximate surface area is 91.9 Å². The number of carboxylic acids is 1. The molecule has 1 aromatic heterocycles. The first-order valence-electron chi connectivity index (χ1n) is 4.64. The first-order valence-corrected chi connectivity index (χ1v) is 4.64. The molecule has 0 saturated heterocycles. The molecule has 1 aromatic rings. The zero-order valence-corrected chi connectivity index (χ0v) is 9.01. The Balaban J connectivity index is 2.91. The van der Waals surface area contributed by atoms with Crippen LogP contribution in [-0.4, -0.2) is 28.1 Å². The fourth-order valence-corrected chi connectivity index (χ4v) is 1.30. The summed E-state index contributed by atoms with van der Waals surface area (Å²) in [5.41, 5.74) is 5.15. The van der Waals surface area contributed by atoms with Gasteiger partial charge < -0.3 is 15.3 Å². The van der Waals surface area contributed by atoms with Crippen molar-refractivity contribution < 1.29 is 19.1 Å². The van der Waals surface area contributed by atoms with Crippen LogP contribution in [0.25, 0.3) is 0 Å². The van der Waals surface area contributed by atoms with E-state index in [4.69, 9.17) is 15.3 Å². The van der Waals surface area contributed by atoms with E-state index in [9.17, 15) is 9.59 Å². The number of nitrogens with two attached hydrogens (primary N) is 1. The van der Waals surface area contributed by atoms with Crippen LogP contribution in [0.15, 0.2) is 10.6 Å². The highest BCUT2D eigenvalue weighted by Crippen LogP contribution is 2.17. The van der Waals surface area contributed by atoms with Gasteiger partial charge in [0.05, 0.1) is 18.7 Å². The van der Waals surface area contributed by atoms with E-state index in [0.29, 0.717) is 5.76 Å². The molecule has 1 rings (SSSR count). The van der Waals surface area contributed by atoms with Gasteiger partial charge in [-0.1, -0.05) is 0 Å². The lowest BCUT2D eigenvalue weighted by molar-refractivity contribution is -0.137. The number of oxazole rings is 1. The molecule has 1 atom stereocenters. The number of nitrogens with zero attached hydrogens (tertiary/aromatic N) is 2. The molecular weight excluding hydrogens is 214 g/mol. The molecule has 0 aliphatic rings. The normalized spacial score (nSPS) is 12.1. The molecule has 3 N–H and O–H groups in total. The second-order valence-electron chi connectivity index (χ2n) is 3.41. The van der Waals surface area contributed by atoms with Gasteiger partial charge in [0, 0.05) is 0 Å². The fourth-order valence-electron chi connectivity index (χ4n) is 1.30. The van der Waals surface area contributed by atoms with Gasteiger partial charge in [-0.2, -0.15) is 0 Å². The number of anilines is 1. The van der Waals surface area contributed by atoms with E-state index in [1.54, 1.807) is 13.8 Å². The highest BCUT2D eigenvalue weighted by molar-refractivity contribution is 5.89. The molecule has 1 heterocycles. The molecule has 0 radical (unpaired) electrons. The summed E-state index contributed by atoms with van der Waals surface area (Å²) >= 11 is 0.